The summed E-state index contributed by atoms with van der Waals surface area (Å²) >= 11 is 1.40. The van der Waals surface area contributed by atoms with Gasteiger partial charge >= 0.3 is 5.97 Å². The molecule has 0 amide bonds. The Kier molecular flexibility index (Phi) is 2.62. The van der Waals surface area contributed by atoms with E-state index in [2.05, 4.69) is 0 Å². The van der Waals surface area contributed by atoms with E-state index < -0.39 is 5.97 Å². The highest BCUT2D eigenvalue weighted by molar-refractivity contribution is 7.10. The zero-order valence-corrected chi connectivity index (χ0v) is 6.85. The van der Waals surface area contributed by atoms with Gasteiger partial charge in [-0.05, 0) is 6.07 Å². The normalized spacial score (nSPS) is 9.91. The summed E-state index contributed by atoms with van der Waals surface area (Å²) in [6, 6.07) is 1.62. The van der Waals surface area contributed by atoms with Crippen molar-refractivity contribution in [1.82, 2.24) is 0 Å². The van der Waals surface area contributed by atoms with Gasteiger partial charge in [0.2, 0.25) is 0 Å². The molecule has 0 aromatic carbocycles. The van der Waals surface area contributed by atoms with Crippen molar-refractivity contribution in [3.05, 3.63) is 21.9 Å². The van der Waals surface area contributed by atoms with Gasteiger partial charge in [0.05, 0.1) is 12.2 Å². The van der Waals surface area contributed by atoms with Crippen LogP contribution < -0.4 is 0 Å². The third-order valence-electron chi connectivity index (χ3n) is 1.19. The van der Waals surface area contributed by atoms with Crippen LogP contribution in [0.3, 0.4) is 0 Å². The maximum Gasteiger partial charge on any atom is 0.336 e. The van der Waals surface area contributed by atoms with Crippen molar-refractivity contribution in [3.63, 3.8) is 0 Å². The van der Waals surface area contributed by atoms with Gasteiger partial charge in [-0.3, -0.25) is 0 Å². The van der Waals surface area contributed by atoms with Gasteiger partial charge in [-0.25, -0.2) is 4.79 Å². The van der Waals surface area contributed by atoms with Crippen LogP contribution in [0.15, 0.2) is 11.4 Å². The largest absolute Gasteiger partial charge is 0.478 e. The Morgan fingerprint density at radius 2 is 2.55 bits per heavy atom. The Morgan fingerprint density at radius 1 is 1.82 bits per heavy atom. The highest BCUT2D eigenvalue weighted by atomic mass is 32.1. The molecule has 0 atom stereocenters. The SMILES string of the molecule is COCc1cc(C(=O)O)cs1. The van der Waals surface area contributed by atoms with Gasteiger partial charge < -0.3 is 9.84 Å². The molecule has 0 aliphatic carbocycles. The summed E-state index contributed by atoms with van der Waals surface area (Å²) in [6.45, 7) is 0.484. The monoisotopic (exact) mass is 172 g/mol. The summed E-state index contributed by atoms with van der Waals surface area (Å²) in [6.07, 6.45) is 0. The van der Waals surface area contributed by atoms with Crippen LogP contribution in [0.25, 0.3) is 0 Å². The van der Waals surface area contributed by atoms with Crippen LogP contribution in [0.4, 0.5) is 0 Å². The van der Waals surface area contributed by atoms with Gasteiger partial charge in [0.15, 0.2) is 0 Å². The fraction of sp³-hybridized carbons (Fsp3) is 0.286. The summed E-state index contributed by atoms with van der Waals surface area (Å²) in [5.41, 5.74) is 0.335. The van der Waals surface area contributed by atoms with Gasteiger partial charge in [-0.2, -0.15) is 0 Å². The van der Waals surface area contributed by atoms with E-state index in [4.69, 9.17) is 9.84 Å². The Hall–Kier alpha value is -0.870. The highest BCUT2D eigenvalue weighted by Gasteiger charge is 2.05. The van der Waals surface area contributed by atoms with Crippen LogP contribution in [0.2, 0.25) is 0 Å². The predicted octanol–water partition coefficient (Wildman–Crippen LogP) is 1.59. The Balaban J connectivity index is 2.73. The third-order valence-corrected chi connectivity index (χ3v) is 2.10. The zero-order chi connectivity index (χ0) is 8.27. The maximum absolute atomic E-state index is 10.4. The number of carboxylic acid groups (broad SMARTS) is 1. The van der Waals surface area contributed by atoms with E-state index in [1.54, 1.807) is 18.6 Å². The second-order valence-corrected chi connectivity index (χ2v) is 3.04. The van der Waals surface area contributed by atoms with Crippen molar-refractivity contribution in [1.29, 1.82) is 0 Å². The Labute approximate surface area is 68.2 Å². The van der Waals surface area contributed by atoms with Gasteiger partial charge in [-0.15, -0.1) is 11.3 Å². The third kappa shape index (κ3) is 2.03. The number of thiophene rings is 1. The molecule has 11 heavy (non-hydrogen) atoms. The number of ether oxygens (including phenoxy) is 1. The molecule has 1 rings (SSSR count). The molecule has 0 fully saturated rings. The first-order valence-electron chi connectivity index (χ1n) is 3.03. The minimum absolute atomic E-state index is 0.335. The average Bonchev–Trinajstić information content (AvgIpc) is 2.37. The van der Waals surface area contributed by atoms with Crippen molar-refractivity contribution >= 4 is 17.3 Å². The second-order valence-electron chi connectivity index (χ2n) is 2.04. The molecule has 1 aromatic rings. The topological polar surface area (TPSA) is 46.5 Å². The average molecular weight is 172 g/mol. The Bertz CT molecular complexity index is 254. The van der Waals surface area contributed by atoms with E-state index in [0.29, 0.717) is 12.2 Å². The van der Waals surface area contributed by atoms with E-state index in [1.807, 2.05) is 0 Å². The van der Waals surface area contributed by atoms with E-state index in [0.717, 1.165) is 4.88 Å². The van der Waals surface area contributed by atoms with E-state index in [9.17, 15) is 4.79 Å². The smallest absolute Gasteiger partial charge is 0.336 e. The van der Waals surface area contributed by atoms with Gasteiger partial charge in [0, 0.05) is 17.4 Å². The molecule has 0 aliphatic heterocycles. The van der Waals surface area contributed by atoms with E-state index in [1.165, 1.54) is 11.3 Å². The first-order chi connectivity index (χ1) is 5.24. The van der Waals surface area contributed by atoms with Crippen molar-refractivity contribution in [2.24, 2.45) is 0 Å². The van der Waals surface area contributed by atoms with Crippen LogP contribution >= 0.6 is 11.3 Å². The van der Waals surface area contributed by atoms with Crippen molar-refractivity contribution < 1.29 is 14.6 Å². The number of rotatable bonds is 3. The number of carboxylic acids is 1. The van der Waals surface area contributed by atoms with Gasteiger partial charge in [0.25, 0.3) is 0 Å². The number of aromatic carboxylic acids is 1. The number of hydrogen-bond acceptors (Lipinski definition) is 3. The lowest BCUT2D eigenvalue weighted by Gasteiger charge is -1.89. The van der Waals surface area contributed by atoms with Gasteiger partial charge in [0.1, 0.15) is 0 Å². The van der Waals surface area contributed by atoms with Gasteiger partial charge in [-0.1, -0.05) is 0 Å². The molecule has 1 N–H and O–H groups in total. The Morgan fingerprint density at radius 3 is 3.00 bits per heavy atom. The van der Waals surface area contributed by atoms with Crippen molar-refractivity contribution in [2.45, 2.75) is 6.61 Å². The minimum atomic E-state index is -0.886. The summed E-state index contributed by atoms with van der Waals surface area (Å²) < 4.78 is 4.84. The van der Waals surface area contributed by atoms with Crippen LogP contribution in [-0.2, 0) is 11.3 Å². The summed E-state index contributed by atoms with van der Waals surface area (Å²) in [7, 11) is 1.58. The lowest BCUT2D eigenvalue weighted by Crippen LogP contribution is -1.92. The molecule has 0 spiro atoms. The number of hydrogen-bond donors (Lipinski definition) is 1. The molecule has 4 heteroatoms. The predicted molar refractivity (Wildman–Crippen MR) is 42.0 cm³/mol. The molecule has 0 radical (unpaired) electrons. The van der Waals surface area contributed by atoms with Crippen LogP contribution in [0.1, 0.15) is 15.2 Å². The first-order valence-corrected chi connectivity index (χ1v) is 3.91. The molecule has 0 aliphatic rings. The fourth-order valence-corrected chi connectivity index (χ4v) is 1.54. The fourth-order valence-electron chi connectivity index (χ4n) is 0.711. The van der Waals surface area contributed by atoms with Crippen LogP contribution in [0, 0.1) is 0 Å². The lowest BCUT2D eigenvalue weighted by molar-refractivity contribution is 0.0697. The molecule has 0 saturated carbocycles. The summed E-state index contributed by atoms with van der Waals surface area (Å²) in [4.78, 5) is 11.3. The van der Waals surface area contributed by atoms with Crippen molar-refractivity contribution in [2.75, 3.05) is 7.11 Å². The lowest BCUT2D eigenvalue weighted by atomic mass is 10.3. The van der Waals surface area contributed by atoms with E-state index >= 15 is 0 Å². The molecule has 1 heterocycles. The maximum atomic E-state index is 10.4. The summed E-state index contributed by atoms with van der Waals surface area (Å²) in [5.74, 6) is -0.886. The summed E-state index contributed by atoms with van der Waals surface area (Å²) in [5, 5.41) is 10.1. The highest BCUT2D eigenvalue weighted by Crippen LogP contribution is 2.14. The zero-order valence-electron chi connectivity index (χ0n) is 6.03. The minimum Gasteiger partial charge on any atom is -0.478 e. The molecule has 60 valence electrons. The van der Waals surface area contributed by atoms with Crippen LogP contribution in [0.5, 0.6) is 0 Å². The molecule has 1 aromatic heterocycles. The quantitative estimate of drug-likeness (QED) is 0.753. The molecular weight excluding hydrogens is 164 g/mol. The molecule has 0 unspecified atom stereocenters. The second kappa shape index (κ2) is 3.50. The molecular formula is C7H8O3S. The molecule has 0 saturated heterocycles. The van der Waals surface area contributed by atoms with E-state index in [-0.39, 0.29) is 0 Å². The molecule has 0 bridgehead atoms. The number of methoxy groups -OCH3 is 1. The standard InChI is InChI=1S/C7H8O3S/c1-10-3-6-2-5(4-11-6)7(8)9/h2,4H,3H2,1H3,(H,8,9). The first kappa shape index (κ1) is 8.23. The molecule has 3 nitrogen and oxygen atoms in total. The van der Waals surface area contributed by atoms with Crippen LogP contribution in [-0.4, -0.2) is 18.2 Å². The van der Waals surface area contributed by atoms with Crippen molar-refractivity contribution in [3.8, 4) is 0 Å². The number of carbonyl (C=O) groups is 1.